The highest BCUT2D eigenvalue weighted by Gasteiger charge is 2.30. The fraction of sp³-hybridized carbons (Fsp3) is 0.389. The van der Waals surface area contributed by atoms with Crippen LogP contribution in [0.5, 0.6) is 5.75 Å². The van der Waals surface area contributed by atoms with Crippen molar-refractivity contribution >= 4 is 27.9 Å². The van der Waals surface area contributed by atoms with Crippen molar-refractivity contribution in [1.29, 1.82) is 0 Å². The Labute approximate surface area is 146 Å². The Hall–Kier alpha value is -2.21. The Bertz CT molecular complexity index is 781. The van der Waals surface area contributed by atoms with Crippen LogP contribution in [0.15, 0.2) is 18.2 Å². The van der Waals surface area contributed by atoms with Crippen molar-refractivity contribution in [1.82, 2.24) is 5.32 Å². The number of phenolic OH excluding ortho intramolecular Hbond substituents is 1. The first-order valence-corrected chi connectivity index (χ1v) is 9.03. The van der Waals surface area contributed by atoms with Crippen LogP contribution >= 0.6 is 11.3 Å². The number of benzene rings is 1. The monoisotopic (exact) mass is 345 g/mol. The van der Waals surface area contributed by atoms with E-state index in [0.717, 1.165) is 34.2 Å². The Kier molecular flexibility index (Phi) is 4.41. The second kappa shape index (κ2) is 6.36. The van der Waals surface area contributed by atoms with Gasteiger partial charge in [0.25, 0.3) is 5.91 Å². The molecule has 1 aromatic carbocycles. The molecule has 0 unspecified atom stereocenters. The molecule has 0 bridgehead atoms. The highest BCUT2D eigenvalue weighted by molar-refractivity contribution is 7.16. The highest BCUT2D eigenvalue weighted by Crippen LogP contribution is 2.39. The van der Waals surface area contributed by atoms with E-state index in [1.54, 1.807) is 17.4 Å². The number of nitrogens with zero attached hydrogens (tertiary/aromatic N) is 1. The third-order valence-electron chi connectivity index (χ3n) is 4.62. The highest BCUT2D eigenvalue weighted by atomic mass is 32.1. The molecule has 24 heavy (non-hydrogen) atoms. The van der Waals surface area contributed by atoms with Crippen LogP contribution < -0.4 is 15.5 Å². The minimum Gasteiger partial charge on any atom is -0.507 e. The number of carbonyl (C=O) groups excluding carboxylic acids is 1. The molecule has 128 valence electrons. The third kappa shape index (κ3) is 2.71. The van der Waals surface area contributed by atoms with Crippen molar-refractivity contribution in [2.75, 3.05) is 23.3 Å². The van der Waals surface area contributed by atoms with Crippen LogP contribution in [-0.2, 0) is 0 Å². The van der Waals surface area contributed by atoms with Crippen LogP contribution in [0, 0.1) is 13.8 Å². The predicted molar refractivity (Wildman–Crippen MR) is 99.3 cm³/mol. The van der Waals surface area contributed by atoms with E-state index >= 15 is 0 Å². The second-order valence-electron chi connectivity index (χ2n) is 5.95. The number of nitrogens with one attached hydrogen (secondary N) is 2. The zero-order chi connectivity index (χ0) is 17.4. The zero-order valence-electron chi connectivity index (χ0n) is 14.4. The van der Waals surface area contributed by atoms with Gasteiger partial charge in [-0.25, -0.2) is 0 Å². The van der Waals surface area contributed by atoms with E-state index in [-0.39, 0.29) is 11.7 Å². The van der Waals surface area contributed by atoms with Gasteiger partial charge in [0, 0.05) is 35.3 Å². The van der Waals surface area contributed by atoms with E-state index in [1.807, 2.05) is 26.0 Å². The number of carbonyl (C=O) groups is 1. The van der Waals surface area contributed by atoms with E-state index in [1.165, 1.54) is 0 Å². The molecule has 6 heteroatoms. The molecule has 3 rings (SSSR count). The molecule has 1 aromatic heterocycles. The van der Waals surface area contributed by atoms with Crippen molar-refractivity contribution in [3.05, 3.63) is 39.8 Å². The van der Waals surface area contributed by atoms with Gasteiger partial charge < -0.3 is 20.6 Å². The number of aromatic hydroxyl groups is 1. The summed E-state index contributed by atoms with van der Waals surface area (Å²) >= 11 is 1.58. The van der Waals surface area contributed by atoms with Crippen molar-refractivity contribution in [3.8, 4) is 5.75 Å². The summed E-state index contributed by atoms with van der Waals surface area (Å²) in [6, 6.07) is 5.62. The lowest BCUT2D eigenvalue weighted by Crippen LogP contribution is -2.38. The van der Waals surface area contributed by atoms with Crippen LogP contribution in [0.25, 0.3) is 0 Å². The fourth-order valence-corrected chi connectivity index (χ4v) is 4.18. The SMILES string of the molecule is CCN(CC)c1ccc([C@H]2NC(=O)c3c(sc(C)c3C)N2)c(O)c1. The molecule has 1 aliphatic rings. The average Bonchev–Trinajstić information content (AvgIpc) is 2.83. The molecule has 1 aliphatic heterocycles. The Balaban J connectivity index is 1.92. The summed E-state index contributed by atoms with van der Waals surface area (Å²) in [7, 11) is 0. The number of thiophene rings is 1. The van der Waals surface area contributed by atoms with E-state index in [4.69, 9.17) is 0 Å². The third-order valence-corrected chi connectivity index (χ3v) is 5.76. The van der Waals surface area contributed by atoms with E-state index in [9.17, 15) is 9.90 Å². The predicted octanol–water partition coefficient (Wildman–Crippen LogP) is 3.77. The van der Waals surface area contributed by atoms with Gasteiger partial charge in [0.05, 0.1) is 5.56 Å². The van der Waals surface area contributed by atoms with Gasteiger partial charge in [-0.05, 0) is 45.4 Å². The number of hydrogen-bond donors (Lipinski definition) is 3. The molecule has 1 atom stereocenters. The number of fused-ring (bicyclic) bond motifs is 1. The molecule has 0 fully saturated rings. The zero-order valence-corrected chi connectivity index (χ0v) is 15.3. The van der Waals surface area contributed by atoms with Gasteiger partial charge in [-0.1, -0.05) is 0 Å². The summed E-state index contributed by atoms with van der Waals surface area (Å²) in [6.07, 6.45) is -0.423. The van der Waals surface area contributed by atoms with Gasteiger partial charge >= 0.3 is 0 Å². The minimum atomic E-state index is -0.423. The largest absolute Gasteiger partial charge is 0.507 e. The molecule has 5 nitrogen and oxygen atoms in total. The molecular formula is C18H23N3O2S. The molecule has 2 aromatic rings. The maximum atomic E-state index is 12.4. The van der Waals surface area contributed by atoms with E-state index in [0.29, 0.717) is 11.1 Å². The molecule has 0 saturated heterocycles. The topological polar surface area (TPSA) is 64.6 Å². The second-order valence-corrected chi connectivity index (χ2v) is 7.18. The summed E-state index contributed by atoms with van der Waals surface area (Å²) < 4.78 is 0. The number of amides is 1. The molecule has 0 aliphatic carbocycles. The van der Waals surface area contributed by atoms with Crippen molar-refractivity contribution in [2.24, 2.45) is 0 Å². The van der Waals surface area contributed by atoms with Gasteiger partial charge in [0.2, 0.25) is 0 Å². The maximum absolute atomic E-state index is 12.4. The standard InChI is InChI=1S/C18H23N3O2S/c1-5-21(6-2)12-7-8-13(14(22)9-12)16-19-17(23)15-10(3)11(4)24-18(15)20-16/h7-9,16,20,22H,5-6H2,1-4H3,(H,19,23)/t16-/m0/s1. The van der Waals surface area contributed by atoms with Gasteiger partial charge in [-0.15, -0.1) is 11.3 Å². The van der Waals surface area contributed by atoms with Gasteiger partial charge in [-0.3, -0.25) is 4.79 Å². The smallest absolute Gasteiger partial charge is 0.256 e. The first-order chi connectivity index (χ1) is 11.5. The molecule has 0 saturated carbocycles. The summed E-state index contributed by atoms with van der Waals surface area (Å²) in [5.41, 5.74) is 3.38. The van der Waals surface area contributed by atoms with Crippen molar-refractivity contribution in [2.45, 2.75) is 33.9 Å². The molecule has 2 heterocycles. The first kappa shape index (κ1) is 16.6. The maximum Gasteiger partial charge on any atom is 0.256 e. The lowest BCUT2D eigenvalue weighted by Gasteiger charge is -2.28. The van der Waals surface area contributed by atoms with Crippen LogP contribution in [0.4, 0.5) is 10.7 Å². The van der Waals surface area contributed by atoms with Gasteiger partial charge in [-0.2, -0.15) is 0 Å². The Morgan fingerprint density at radius 3 is 2.54 bits per heavy atom. The van der Waals surface area contributed by atoms with E-state index in [2.05, 4.69) is 29.4 Å². The fourth-order valence-electron chi connectivity index (χ4n) is 3.09. The lowest BCUT2D eigenvalue weighted by atomic mass is 10.1. The minimum absolute atomic E-state index is 0.0946. The van der Waals surface area contributed by atoms with E-state index < -0.39 is 6.17 Å². The summed E-state index contributed by atoms with van der Waals surface area (Å²) in [6.45, 7) is 9.90. The number of rotatable bonds is 4. The number of phenols is 1. The van der Waals surface area contributed by atoms with Gasteiger partial charge in [0.1, 0.15) is 16.9 Å². The summed E-state index contributed by atoms with van der Waals surface area (Å²) in [5.74, 6) is 0.0912. The number of hydrogen-bond acceptors (Lipinski definition) is 5. The number of aryl methyl sites for hydroxylation is 1. The normalized spacial score (nSPS) is 16.3. The quantitative estimate of drug-likeness (QED) is 0.789. The van der Waals surface area contributed by atoms with Crippen LogP contribution in [0.2, 0.25) is 0 Å². The Morgan fingerprint density at radius 1 is 1.21 bits per heavy atom. The first-order valence-electron chi connectivity index (χ1n) is 8.21. The van der Waals surface area contributed by atoms with Gasteiger partial charge in [0.15, 0.2) is 0 Å². The summed E-state index contributed by atoms with van der Waals surface area (Å²) in [4.78, 5) is 15.7. The molecule has 0 spiro atoms. The van der Waals surface area contributed by atoms with Crippen molar-refractivity contribution in [3.63, 3.8) is 0 Å². The van der Waals surface area contributed by atoms with Crippen LogP contribution in [0.1, 0.15) is 46.4 Å². The Morgan fingerprint density at radius 2 is 1.92 bits per heavy atom. The van der Waals surface area contributed by atoms with Crippen LogP contribution in [0.3, 0.4) is 0 Å². The summed E-state index contributed by atoms with van der Waals surface area (Å²) in [5, 5.41) is 17.6. The molecule has 0 radical (unpaired) electrons. The number of anilines is 2. The average molecular weight is 345 g/mol. The lowest BCUT2D eigenvalue weighted by molar-refractivity contribution is 0.0935. The molecular weight excluding hydrogens is 322 g/mol. The van der Waals surface area contributed by atoms with Crippen LogP contribution in [-0.4, -0.2) is 24.1 Å². The molecule has 3 N–H and O–H groups in total. The molecule has 1 amide bonds. The van der Waals surface area contributed by atoms with Crippen molar-refractivity contribution < 1.29 is 9.90 Å².